The molecule has 2 aliphatic rings. The molecule has 1 aliphatic carbocycles. The summed E-state index contributed by atoms with van der Waals surface area (Å²) in [7, 11) is -1.15. The Balaban J connectivity index is 2.22. The molecule has 0 amide bonds. The van der Waals surface area contributed by atoms with Gasteiger partial charge in [0, 0.05) is 6.42 Å². The fourth-order valence-corrected chi connectivity index (χ4v) is 3.80. The summed E-state index contributed by atoms with van der Waals surface area (Å²) in [6.45, 7) is 8.71. The minimum Gasteiger partial charge on any atom is -0.344 e. The van der Waals surface area contributed by atoms with Crippen molar-refractivity contribution in [2.24, 2.45) is 0 Å². The van der Waals surface area contributed by atoms with Crippen LogP contribution in [0.4, 0.5) is 0 Å². The van der Waals surface area contributed by atoms with Gasteiger partial charge in [-0.3, -0.25) is 0 Å². The molecule has 80 valence electrons. The Labute approximate surface area is 87.3 Å². The fourth-order valence-electron chi connectivity index (χ4n) is 2.22. The minimum atomic E-state index is -1.15. The summed E-state index contributed by atoms with van der Waals surface area (Å²) in [5, 5.41) is 1.62. The lowest BCUT2D eigenvalue weighted by Crippen LogP contribution is -2.35. The summed E-state index contributed by atoms with van der Waals surface area (Å²) in [6, 6.07) is 0. The normalized spacial score (nSPS) is 26.6. The highest BCUT2D eigenvalue weighted by Crippen LogP contribution is 2.36. The first-order chi connectivity index (χ1) is 6.52. The summed E-state index contributed by atoms with van der Waals surface area (Å²) in [4.78, 5) is 0. The zero-order chi connectivity index (χ0) is 10.2. The lowest BCUT2D eigenvalue weighted by atomic mass is 10.0. The smallest absolute Gasteiger partial charge is 0.187 e. The number of hydrogen-bond acceptors (Lipinski definition) is 2. The first-order valence-electron chi connectivity index (χ1n) is 5.52. The highest BCUT2D eigenvalue weighted by molar-refractivity contribution is 6.83. The molecule has 0 radical (unpaired) electrons. The molecule has 0 N–H and O–H groups in total. The maximum Gasteiger partial charge on any atom is 0.187 e. The number of hydrogen-bond donors (Lipinski definition) is 0. The van der Waals surface area contributed by atoms with Gasteiger partial charge in [-0.2, -0.15) is 0 Å². The van der Waals surface area contributed by atoms with Gasteiger partial charge in [-0.1, -0.05) is 24.8 Å². The van der Waals surface area contributed by atoms with Crippen LogP contribution in [0.25, 0.3) is 0 Å². The third-order valence-corrected chi connectivity index (χ3v) is 5.43. The maximum atomic E-state index is 5.73. The van der Waals surface area contributed by atoms with E-state index >= 15 is 0 Å². The average molecular weight is 212 g/mol. The summed E-state index contributed by atoms with van der Waals surface area (Å²) in [5.74, 6) is -0.326. The molecule has 1 spiro atoms. The van der Waals surface area contributed by atoms with Crippen LogP contribution in [0.2, 0.25) is 19.6 Å². The summed E-state index contributed by atoms with van der Waals surface area (Å²) in [6.07, 6.45) is 5.80. The predicted octanol–water partition coefficient (Wildman–Crippen LogP) is 2.72. The molecule has 0 atom stereocenters. The van der Waals surface area contributed by atoms with Crippen LogP contribution in [0.3, 0.4) is 0 Å². The molecular weight excluding hydrogens is 192 g/mol. The second kappa shape index (κ2) is 3.47. The van der Waals surface area contributed by atoms with Gasteiger partial charge in [0.05, 0.1) is 21.3 Å². The van der Waals surface area contributed by atoms with E-state index in [9.17, 15) is 0 Å². The number of allylic oxidation sites excluding steroid dienone is 1. The van der Waals surface area contributed by atoms with E-state index in [1.54, 1.807) is 5.20 Å². The molecule has 3 heteroatoms. The molecule has 2 rings (SSSR count). The fraction of sp³-hybridized carbons (Fsp3) is 0.818. The molecule has 0 bridgehead atoms. The highest BCUT2D eigenvalue weighted by atomic mass is 28.3. The largest absolute Gasteiger partial charge is 0.344 e. The standard InChI is InChI=1S/C11H20O2Si/c1-14(2,3)10-5-4-6-11(9-10)12-7-8-13-11/h9H,4-8H2,1-3H3. The van der Waals surface area contributed by atoms with Crippen molar-refractivity contribution in [3.63, 3.8) is 0 Å². The van der Waals surface area contributed by atoms with Crippen molar-refractivity contribution < 1.29 is 9.47 Å². The van der Waals surface area contributed by atoms with Gasteiger partial charge in [0.15, 0.2) is 5.79 Å². The van der Waals surface area contributed by atoms with Crippen molar-refractivity contribution >= 4 is 8.07 Å². The van der Waals surface area contributed by atoms with E-state index in [0.717, 1.165) is 19.6 Å². The van der Waals surface area contributed by atoms with Gasteiger partial charge < -0.3 is 9.47 Å². The van der Waals surface area contributed by atoms with Crippen LogP contribution in [0.5, 0.6) is 0 Å². The van der Waals surface area contributed by atoms with Crippen LogP contribution < -0.4 is 0 Å². The highest BCUT2D eigenvalue weighted by Gasteiger charge is 2.38. The van der Waals surface area contributed by atoms with Crippen molar-refractivity contribution in [1.29, 1.82) is 0 Å². The van der Waals surface area contributed by atoms with E-state index in [-0.39, 0.29) is 5.79 Å². The maximum absolute atomic E-state index is 5.73. The van der Waals surface area contributed by atoms with E-state index in [0.29, 0.717) is 0 Å². The zero-order valence-electron chi connectivity index (χ0n) is 9.43. The quantitative estimate of drug-likeness (QED) is 0.622. The van der Waals surface area contributed by atoms with Gasteiger partial charge in [-0.25, -0.2) is 0 Å². The molecule has 0 aromatic rings. The summed E-state index contributed by atoms with van der Waals surface area (Å²) < 4.78 is 11.5. The SMILES string of the molecule is C[Si](C)(C)C1=CC2(CCC1)OCCO2. The van der Waals surface area contributed by atoms with E-state index in [1.807, 2.05) is 0 Å². The van der Waals surface area contributed by atoms with Gasteiger partial charge in [0.1, 0.15) is 0 Å². The van der Waals surface area contributed by atoms with Crippen molar-refractivity contribution in [1.82, 2.24) is 0 Å². The van der Waals surface area contributed by atoms with E-state index in [2.05, 4.69) is 25.7 Å². The molecule has 0 saturated carbocycles. The average Bonchev–Trinajstić information content (AvgIpc) is 2.52. The van der Waals surface area contributed by atoms with Crippen molar-refractivity contribution in [2.75, 3.05) is 13.2 Å². The Morgan fingerprint density at radius 2 is 1.86 bits per heavy atom. The lowest BCUT2D eigenvalue weighted by molar-refractivity contribution is -0.125. The third kappa shape index (κ3) is 1.95. The van der Waals surface area contributed by atoms with Crippen molar-refractivity contribution in [2.45, 2.75) is 44.7 Å². The minimum absolute atomic E-state index is 0.326. The summed E-state index contributed by atoms with van der Waals surface area (Å²) >= 11 is 0. The predicted molar refractivity (Wildman–Crippen MR) is 59.9 cm³/mol. The van der Waals surface area contributed by atoms with E-state index in [1.165, 1.54) is 12.8 Å². The molecule has 0 aromatic carbocycles. The molecule has 0 unspecified atom stereocenters. The van der Waals surface area contributed by atoms with Crippen LogP contribution >= 0.6 is 0 Å². The Hall–Kier alpha value is -0.123. The third-order valence-electron chi connectivity index (χ3n) is 3.10. The first kappa shape index (κ1) is 10.4. The van der Waals surface area contributed by atoms with Crippen LogP contribution in [0.15, 0.2) is 11.3 Å². The molecule has 1 saturated heterocycles. The topological polar surface area (TPSA) is 18.5 Å². The molecule has 1 fully saturated rings. The Kier molecular flexibility index (Phi) is 2.58. The second-order valence-corrected chi connectivity index (χ2v) is 10.4. The molecule has 0 aromatic heterocycles. The van der Waals surface area contributed by atoms with E-state index < -0.39 is 8.07 Å². The van der Waals surface area contributed by atoms with Crippen LogP contribution in [0, 0.1) is 0 Å². The Morgan fingerprint density at radius 3 is 2.43 bits per heavy atom. The summed E-state index contributed by atoms with van der Waals surface area (Å²) in [5.41, 5.74) is 0. The van der Waals surface area contributed by atoms with Crippen LogP contribution in [-0.2, 0) is 9.47 Å². The molecule has 1 aliphatic heterocycles. The second-order valence-electron chi connectivity index (χ2n) is 5.28. The molecule has 2 nitrogen and oxygen atoms in total. The molecular formula is C11H20O2Si. The van der Waals surface area contributed by atoms with Gasteiger partial charge in [-0.05, 0) is 18.9 Å². The van der Waals surface area contributed by atoms with Gasteiger partial charge >= 0.3 is 0 Å². The Bertz CT molecular complexity index is 247. The lowest BCUT2D eigenvalue weighted by Gasteiger charge is -2.33. The number of ether oxygens (including phenoxy) is 2. The first-order valence-corrected chi connectivity index (χ1v) is 9.02. The molecule has 1 heterocycles. The zero-order valence-corrected chi connectivity index (χ0v) is 10.4. The van der Waals surface area contributed by atoms with Crippen LogP contribution in [-0.4, -0.2) is 27.1 Å². The Morgan fingerprint density at radius 1 is 1.21 bits per heavy atom. The monoisotopic (exact) mass is 212 g/mol. The van der Waals surface area contributed by atoms with Crippen molar-refractivity contribution in [3.8, 4) is 0 Å². The van der Waals surface area contributed by atoms with Crippen LogP contribution in [0.1, 0.15) is 19.3 Å². The van der Waals surface area contributed by atoms with Gasteiger partial charge in [0.25, 0.3) is 0 Å². The van der Waals surface area contributed by atoms with E-state index in [4.69, 9.17) is 9.47 Å². The van der Waals surface area contributed by atoms with Crippen molar-refractivity contribution in [3.05, 3.63) is 11.3 Å². The van der Waals surface area contributed by atoms with Gasteiger partial charge in [0.2, 0.25) is 0 Å². The molecule has 14 heavy (non-hydrogen) atoms. The van der Waals surface area contributed by atoms with Gasteiger partial charge in [-0.15, -0.1) is 0 Å². The number of rotatable bonds is 1.